The molecule has 0 radical (unpaired) electrons. The van der Waals surface area contributed by atoms with Crippen LogP contribution >= 0.6 is 0 Å². The molecule has 3 rings (SSSR count). The van der Waals surface area contributed by atoms with E-state index in [1.54, 1.807) is 0 Å². The van der Waals surface area contributed by atoms with Gasteiger partial charge >= 0.3 is 0 Å². The van der Waals surface area contributed by atoms with Gasteiger partial charge in [-0.05, 0) is 60.6 Å². The van der Waals surface area contributed by atoms with Crippen LogP contribution in [0, 0.1) is 20.8 Å². The lowest BCUT2D eigenvalue weighted by Crippen LogP contribution is -2.31. The molecule has 2 aromatic carbocycles. The van der Waals surface area contributed by atoms with Crippen molar-refractivity contribution < 1.29 is 0 Å². The number of aryl methyl sites for hydroxylation is 3. The van der Waals surface area contributed by atoms with Crippen molar-refractivity contribution in [3.63, 3.8) is 0 Å². The summed E-state index contributed by atoms with van der Waals surface area (Å²) in [5, 5.41) is 3.68. The molecule has 2 aromatic rings. The van der Waals surface area contributed by atoms with E-state index < -0.39 is 0 Å². The van der Waals surface area contributed by atoms with Crippen molar-refractivity contribution in [2.75, 3.05) is 6.54 Å². The Balaban J connectivity index is 2.11. The fourth-order valence-corrected chi connectivity index (χ4v) is 3.08. The molecule has 0 aliphatic carbocycles. The quantitative estimate of drug-likeness (QED) is 0.812. The molecule has 19 heavy (non-hydrogen) atoms. The molecule has 0 fully saturated rings. The van der Waals surface area contributed by atoms with E-state index >= 15 is 0 Å². The maximum Gasteiger partial charge on any atom is 0.0582 e. The van der Waals surface area contributed by atoms with Gasteiger partial charge in [-0.1, -0.05) is 36.4 Å². The lowest BCUT2D eigenvalue weighted by molar-refractivity contribution is 0.565. The van der Waals surface area contributed by atoms with Gasteiger partial charge in [0.1, 0.15) is 0 Å². The molecule has 0 saturated heterocycles. The predicted octanol–water partition coefficient (Wildman–Crippen LogP) is 3.85. The Morgan fingerprint density at radius 1 is 0.895 bits per heavy atom. The van der Waals surface area contributed by atoms with Crippen molar-refractivity contribution >= 4 is 0 Å². The van der Waals surface area contributed by atoms with Crippen LogP contribution < -0.4 is 5.32 Å². The highest BCUT2D eigenvalue weighted by Gasteiger charge is 2.22. The largest absolute Gasteiger partial charge is 0.306 e. The first-order chi connectivity index (χ1) is 9.16. The van der Waals surface area contributed by atoms with E-state index in [0.29, 0.717) is 6.04 Å². The van der Waals surface area contributed by atoms with Crippen molar-refractivity contribution in [3.8, 4) is 0 Å². The van der Waals surface area contributed by atoms with E-state index in [1.807, 2.05) is 0 Å². The summed E-state index contributed by atoms with van der Waals surface area (Å²) in [6.07, 6.45) is 1.14. The Morgan fingerprint density at radius 3 is 2.47 bits per heavy atom. The minimum Gasteiger partial charge on any atom is -0.306 e. The molecule has 0 saturated carbocycles. The van der Waals surface area contributed by atoms with Gasteiger partial charge in [-0.3, -0.25) is 0 Å². The molecule has 1 heterocycles. The number of hydrogen-bond acceptors (Lipinski definition) is 1. The zero-order chi connectivity index (χ0) is 13.4. The molecule has 0 aromatic heterocycles. The lowest BCUT2D eigenvalue weighted by atomic mass is 9.86. The maximum absolute atomic E-state index is 3.68. The fraction of sp³-hybridized carbons (Fsp3) is 0.333. The second kappa shape index (κ2) is 4.82. The molecule has 0 spiro atoms. The first-order valence-electron chi connectivity index (χ1n) is 7.06. The van der Waals surface area contributed by atoms with Gasteiger partial charge in [0.05, 0.1) is 6.04 Å². The van der Waals surface area contributed by atoms with Crippen LogP contribution in [0.5, 0.6) is 0 Å². The average molecular weight is 251 g/mol. The molecule has 1 atom stereocenters. The first-order valence-corrected chi connectivity index (χ1v) is 7.06. The molecule has 1 heteroatoms. The van der Waals surface area contributed by atoms with Crippen molar-refractivity contribution in [1.82, 2.24) is 5.32 Å². The molecule has 0 amide bonds. The Bertz CT molecular complexity index is 613. The zero-order valence-electron chi connectivity index (χ0n) is 12.0. The van der Waals surface area contributed by atoms with Crippen molar-refractivity contribution in [2.24, 2.45) is 0 Å². The summed E-state index contributed by atoms with van der Waals surface area (Å²) >= 11 is 0. The Labute approximate surface area is 115 Å². The van der Waals surface area contributed by atoms with Crippen LogP contribution in [-0.2, 0) is 6.42 Å². The average Bonchev–Trinajstić information content (AvgIpc) is 2.42. The topological polar surface area (TPSA) is 12.0 Å². The predicted molar refractivity (Wildman–Crippen MR) is 80.6 cm³/mol. The van der Waals surface area contributed by atoms with Crippen LogP contribution in [0.4, 0.5) is 0 Å². The minimum atomic E-state index is 0.351. The SMILES string of the molecule is Cc1cc(C)c(C2NCCc3ccccc32)cc1C. The van der Waals surface area contributed by atoms with Gasteiger partial charge in [0.15, 0.2) is 0 Å². The van der Waals surface area contributed by atoms with Crippen LogP contribution in [0.25, 0.3) is 0 Å². The number of benzene rings is 2. The molecule has 1 nitrogen and oxygen atoms in total. The molecule has 1 unspecified atom stereocenters. The van der Waals surface area contributed by atoms with Gasteiger partial charge in [-0.25, -0.2) is 0 Å². The molecular formula is C18H21N. The third kappa shape index (κ3) is 2.19. The van der Waals surface area contributed by atoms with Crippen LogP contribution in [0.3, 0.4) is 0 Å². The van der Waals surface area contributed by atoms with Gasteiger partial charge in [-0.2, -0.15) is 0 Å². The summed E-state index contributed by atoms with van der Waals surface area (Å²) in [6.45, 7) is 7.68. The Hall–Kier alpha value is -1.60. The number of rotatable bonds is 1. The van der Waals surface area contributed by atoms with E-state index in [1.165, 1.54) is 33.4 Å². The molecule has 0 bridgehead atoms. The van der Waals surface area contributed by atoms with Crippen molar-refractivity contribution in [2.45, 2.75) is 33.2 Å². The van der Waals surface area contributed by atoms with E-state index in [2.05, 4.69) is 62.5 Å². The van der Waals surface area contributed by atoms with Crippen LogP contribution in [0.1, 0.15) is 39.4 Å². The van der Waals surface area contributed by atoms with Crippen LogP contribution in [-0.4, -0.2) is 6.54 Å². The van der Waals surface area contributed by atoms with E-state index in [4.69, 9.17) is 0 Å². The summed E-state index contributed by atoms with van der Waals surface area (Å²) in [4.78, 5) is 0. The van der Waals surface area contributed by atoms with E-state index in [-0.39, 0.29) is 0 Å². The number of nitrogens with one attached hydrogen (secondary N) is 1. The van der Waals surface area contributed by atoms with E-state index in [0.717, 1.165) is 13.0 Å². The summed E-state index contributed by atoms with van der Waals surface area (Å²) in [5.74, 6) is 0. The highest BCUT2D eigenvalue weighted by atomic mass is 14.9. The zero-order valence-corrected chi connectivity index (χ0v) is 12.0. The van der Waals surface area contributed by atoms with Gasteiger partial charge < -0.3 is 5.32 Å². The summed E-state index contributed by atoms with van der Waals surface area (Å²) < 4.78 is 0. The molecule has 1 aliphatic heterocycles. The number of hydrogen-bond donors (Lipinski definition) is 1. The normalized spacial score (nSPS) is 18.2. The van der Waals surface area contributed by atoms with Crippen LogP contribution in [0.2, 0.25) is 0 Å². The maximum atomic E-state index is 3.68. The highest BCUT2D eigenvalue weighted by Crippen LogP contribution is 2.31. The fourth-order valence-electron chi connectivity index (χ4n) is 3.08. The first kappa shape index (κ1) is 12.4. The van der Waals surface area contributed by atoms with Gasteiger partial charge in [0.2, 0.25) is 0 Å². The third-order valence-electron chi connectivity index (χ3n) is 4.30. The van der Waals surface area contributed by atoms with Crippen molar-refractivity contribution in [3.05, 3.63) is 69.8 Å². The van der Waals surface area contributed by atoms with Gasteiger partial charge in [0, 0.05) is 6.54 Å². The summed E-state index contributed by atoms with van der Waals surface area (Å²) in [5.41, 5.74) is 8.51. The van der Waals surface area contributed by atoms with Gasteiger partial charge in [0.25, 0.3) is 0 Å². The smallest absolute Gasteiger partial charge is 0.0582 e. The molecule has 1 aliphatic rings. The second-order valence-electron chi connectivity index (χ2n) is 5.63. The number of fused-ring (bicyclic) bond motifs is 1. The lowest BCUT2D eigenvalue weighted by Gasteiger charge is -2.29. The Kier molecular flexibility index (Phi) is 3.16. The third-order valence-corrected chi connectivity index (χ3v) is 4.30. The molecular weight excluding hydrogens is 230 g/mol. The van der Waals surface area contributed by atoms with Gasteiger partial charge in [-0.15, -0.1) is 0 Å². The van der Waals surface area contributed by atoms with Crippen molar-refractivity contribution in [1.29, 1.82) is 0 Å². The van der Waals surface area contributed by atoms with Crippen LogP contribution in [0.15, 0.2) is 36.4 Å². The Morgan fingerprint density at radius 2 is 1.63 bits per heavy atom. The minimum absolute atomic E-state index is 0.351. The monoisotopic (exact) mass is 251 g/mol. The standard InChI is InChI=1S/C18H21N/c1-12-10-14(3)17(11-13(12)2)18-16-7-5-4-6-15(16)8-9-19-18/h4-7,10-11,18-19H,8-9H2,1-3H3. The summed E-state index contributed by atoms with van der Waals surface area (Å²) in [6, 6.07) is 13.8. The second-order valence-corrected chi connectivity index (χ2v) is 5.63. The summed E-state index contributed by atoms with van der Waals surface area (Å²) in [7, 11) is 0. The van der Waals surface area contributed by atoms with E-state index in [9.17, 15) is 0 Å². The highest BCUT2D eigenvalue weighted by molar-refractivity contribution is 5.45. The molecule has 98 valence electrons. The molecule has 1 N–H and O–H groups in total.